The van der Waals surface area contributed by atoms with Crippen LogP contribution in [0.3, 0.4) is 0 Å². The predicted molar refractivity (Wildman–Crippen MR) is 198 cm³/mol. The van der Waals surface area contributed by atoms with Gasteiger partial charge in [-0.1, -0.05) is 60.7 Å². The number of nitrogens with one attached hydrogen (secondary N) is 2. The highest BCUT2D eigenvalue weighted by molar-refractivity contribution is 7.90. The van der Waals surface area contributed by atoms with Gasteiger partial charge in [0, 0.05) is 60.9 Å². The van der Waals surface area contributed by atoms with E-state index in [0.717, 1.165) is 38.0 Å². The number of likely N-dealkylation sites (N-methyl/N-ethyl adjacent to an activating group) is 1. The van der Waals surface area contributed by atoms with E-state index in [4.69, 9.17) is 4.42 Å². The van der Waals surface area contributed by atoms with E-state index in [1.165, 1.54) is 24.3 Å². The Kier molecular flexibility index (Phi) is 10.7. The molecule has 1 aromatic heterocycles. The Hall–Kier alpha value is -5.62. The predicted octanol–water partition coefficient (Wildman–Crippen LogP) is 6.16. The molecule has 6 rings (SSSR count). The smallest absolute Gasteiger partial charge is 0.248 e. The fraction of sp³-hybridized carbons (Fsp3) is 0.175. The van der Waals surface area contributed by atoms with Crippen molar-refractivity contribution in [2.45, 2.75) is 10.9 Å². The van der Waals surface area contributed by atoms with Gasteiger partial charge in [-0.15, -0.1) is 0 Å². The minimum absolute atomic E-state index is 0.209. The van der Waals surface area contributed by atoms with Crippen LogP contribution in [-0.4, -0.2) is 75.3 Å². The average Bonchev–Trinajstić information content (AvgIpc) is 3.62. The van der Waals surface area contributed by atoms with Gasteiger partial charge >= 0.3 is 0 Å². The molecule has 0 spiro atoms. The van der Waals surface area contributed by atoms with E-state index in [1.807, 2.05) is 36.4 Å². The number of carbonyl (C=O) groups excluding carboxylic acids is 3. The number of sulfone groups is 1. The van der Waals surface area contributed by atoms with Crippen molar-refractivity contribution in [2.24, 2.45) is 0 Å². The number of ketones is 1. The molecule has 1 atom stereocenters. The highest BCUT2D eigenvalue weighted by atomic mass is 32.2. The van der Waals surface area contributed by atoms with Crippen LogP contribution in [0.15, 0.2) is 131 Å². The molecule has 2 N–H and O–H groups in total. The summed E-state index contributed by atoms with van der Waals surface area (Å²) in [6.07, 6.45) is 3.97. The Balaban J connectivity index is 1.21. The molecule has 51 heavy (non-hydrogen) atoms. The molecule has 1 unspecified atom stereocenters. The van der Waals surface area contributed by atoms with Crippen molar-refractivity contribution in [3.05, 3.63) is 144 Å². The highest BCUT2D eigenvalue weighted by Gasteiger charge is 2.30. The zero-order chi connectivity index (χ0) is 36.0. The molecule has 1 fully saturated rings. The standard InChI is InChI=1S/C40H38N4O6S/c1-43-23-25-44(26-24-43)38(29-9-5-3-6-10-29)40(47)42-35-20-15-31(27-34(35)39(46)30-11-7-4-8-12-30)41-37(45)22-17-32-16-21-36(50-32)28-13-18-33(19-14-28)51(2,48)49/h3-22,27,38H,23-26H2,1-2H3,(H,41,45)(H,42,47)/b22-17+. The van der Waals surface area contributed by atoms with Gasteiger partial charge in [0.2, 0.25) is 11.8 Å². The Bertz CT molecular complexity index is 2160. The normalized spacial score (nSPS) is 14.6. The second-order valence-electron chi connectivity index (χ2n) is 12.4. The summed E-state index contributed by atoms with van der Waals surface area (Å²) >= 11 is 0. The van der Waals surface area contributed by atoms with Crippen molar-refractivity contribution in [3.63, 3.8) is 0 Å². The fourth-order valence-corrected chi connectivity index (χ4v) is 6.54. The molecule has 1 saturated heterocycles. The third kappa shape index (κ3) is 8.76. The van der Waals surface area contributed by atoms with Gasteiger partial charge in [-0.25, -0.2) is 8.42 Å². The van der Waals surface area contributed by atoms with E-state index in [-0.39, 0.29) is 22.1 Å². The van der Waals surface area contributed by atoms with Crippen LogP contribution in [-0.2, 0) is 19.4 Å². The van der Waals surface area contributed by atoms with Gasteiger partial charge in [-0.05, 0) is 73.3 Å². The molecule has 1 aliphatic rings. The zero-order valence-corrected chi connectivity index (χ0v) is 29.1. The number of piperazine rings is 1. The second-order valence-corrected chi connectivity index (χ2v) is 14.4. The molecule has 0 saturated carbocycles. The maximum Gasteiger partial charge on any atom is 0.248 e. The van der Waals surface area contributed by atoms with Crippen molar-refractivity contribution >= 4 is 44.9 Å². The number of carbonyl (C=O) groups is 3. The molecule has 11 heteroatoms. The molecule has 4 aromatic carbocycles. The number of hydrogen-bond acceptors (Lipinski definition) is 8. The van der Waals surface area contributed by atoms with E-state index < -0.39 is 21.8 Å². The summed E-state index contributed by atoms with van der Waals surface area (Å²) in [4.78, 5) is 45.5. The van der Waals surface area contributed by atoms with Crippen molar-refractivity contribution in [1.29, 1.82) is 0 Å². The van der Waals surface area contributed by atoms with Crippen LogP contribution in [0.4, 0.5) is 11.4 Å². The highest BCUT2D eigenvalue weighted by Crippen LogP contribution is 2.29. The minimum atomic E-state index is -3.32. The first-order valence-electron chi connectivity index (χ1n) is 16.5. The van der Waals surface area contributed by atoms with Gasteiger partial charge in [0.1, 0.15) is 17.6 Å². The molecule has 2 heterocycles. The van der Waals surface area contributed by atoms with Gasteiger partial charge in [0.15, 0.2) is 15.6 Å². The van der Waals surface area contributed by atoms with E-state index in [9.17, 15) is 22.8 Å². The van der Waals surface area contributed by atoms with Gasteiger partial charge in [-0.3, -0.25) is 19.3 Å². The lowest BCUT2D eigenvalue weighted by molar-refractivity contribution is -0.122. The number of rotatable bonds is 11. The molecule has 260 valence electrons. The van der Waals surface area contributed by atoms with Crippen LogP contribution in [0.5, 0.6) is 0 Å². The second kappa shape index (κ2) is 15.5. The van der Waals surface area contributed by atoms with E-state index in [2.05, 4.69) is 27.5 Å². The van der Waals surface area contributed by atoms with Crippen LogP contribution in [0, 0.1) is 0 Å². The zero-order valence-electron chi connectivity index (χ0n) is 28.3. The monoisotopic (exact) mass is 702 g/mol. The number of amides is 2. The van der Waals surface area contributed by atoms with Crippen LogP contribution in [0.2, 0.25) is 0 Å². The van der Waals surface area contributed by atoms with Crippen LogP contribution < -0.4 is 10.6 Å². The Morgan fingerprint density at radius 3 is 2.12 bits per heavy atom. The summed E-state index contributed by atoms with van der Waals surface area (Å²) in [5.74, 6) is -0.0880. The number of hydrogen-bond donors (Lipinski definition) is 2. The van der Waals surface area contributed by atoms with Crippen LogP contribution in [0.25, 0.3) is 17.4 Å². The third-order valence-corrected chi connectivity index (χ3v) is 9.81. The summed E-state index contributed by atoms with van der Waals surface area (Å²) < 4.78 is 29.4. The summed E-state index contributed by atoms with van der Waals surface area (Å²) in [5.41, 5.74) is 2.93. The molecular formula is C40H38N4O6S. The first-order chi connectivity index (χ1) is 24.5. The molecule has 5 aromatic rings. The summed E-state index contributed by atoms with van der Waals surface area (Å²) in [5, 5.41) is 5.84. The van der Waals surface area contributed by atoms with Crippen LogP contribution in [0.1, 0.15) is 33.3 Å². The third-order valence-electron chi connectivity index (χ3n) is 8.68. The van der Waals surface area contributed by atoms with Crippen molar-refractivity contribution in [2.75, 3.05) is 50.1 Å². The summed E-state index contributed by atoms with van der Waals surface area (Å²) in [7, 11) is -1.26. The Morgan fingerprint density at radius 2 is 1.45 bits per heavy atom. The molecule has 0 bridgehead atoms. The number of benzene rings is 4. The summed E-state index contributed by atoms with van der Waals surface area (Å²) in [6, 6.07) is 32.4. The first kappa shape index (κ1) is 35.2. The molecule has 2 amide bonds. The fourth-order valence-electron chi connectivity index (χ4n) is 5.91. The lowest BCUT2D eigenvalue weighted by Crippen LogP contribution is -2.48. The molecule has 0 radical (unpaired) electrons. The first-order valence-corrected chi connectivity index (χ1v) is 18.4. The number of nitrogens with zero attached hydrogens (tertiary/aromatic N) is 2. The molecule has 1 aliphatic heterocycles. The van der Waals surface area contributed by atoms with Gasteiger partial charge in [0.05, 0.1) is 10.6 Å². The average molecular weight is 703 g/mol. The Morgan fingerprint density at radius 1 is 0.784 bits per heavy atom. The lowest BCUT2D eigenvalue weighted by atomic mass is 9.99. The molecular weight excluding hydrogens is 665 g/mol. The van der Waals surface area contributed by atoms with E-state index in [0.29, 0.717) is 34.0 Å². The number of furan rings is 1. The maximum absolute atomic E-state index is 14.0. The maximum atomic E-state index is 14.0. The van der Waals surface area contributed by atoms with Crippen LogP contribution >= 0.6 is 0 Å². The van der Waals surface area contributed by atoms with Crippen molar-refractivity contribution in [1.82, 2.24) is 9.80 Å². The Labute approximate surface area is 297 Å². The molecule has 10 nitrogen and oxygen atoms in total. The quantitative estimate of drug-likeness (QED) is 0.124. The lowest BCUT2D eigenvalue weighted by Gasteiger charge is -2.37. The van der Waals surface area contributed by atoms with Gasteiger partial charge in [-0.2, -0.15) is 0 Å². The van der Waals surface area contributed by atoms with Crippen molar-refractivity contribution < 1.29 is 27.2 Å². The SMILES string of the molecule is CN1CCN(C(C(=O)Nc2ccc(NC(=O)/C=C/c3ccc(-c4ccc(S(C)(=O)=O)cc4)o3)cc2C(=O)c2ccccc2)c2ccccc2)CC1. The van der Waals surface area contributed by atoms with E-state index >= 15 is 0 Å². The van der Waals surface area contributed by atoms with Gasteiger partial charge in [0.25, 0.3) is 0 Å². The minimum Gasteiger partial charge on any atom is -0.457 e. The largest absolute Gasteiger partial charge is 0.457 e. The van der Waals surface area contributed by atoms with E-state index in [1.54, 1.807) is 66.7 Å². The van der Waals surface area contributed by atoms with Crippen molar-refractivity contribution in [3.8, 4) is 11.3 Å². The summed E-state index contributed by atoms with van der Waals surface area (Å²) in [6.45, 7) is 3.10. The van der Waals surface area contributed by atoms with Gasteiger partial charge < -0.3 is 20.0 Å². The topological polar surface area (TPSA) is 129 Å². The number of anilines is 2. The molecule has 0 aliphatic carbocycles.